The number of nitrogens with zero attached hydrogens (tertiary/aromatic N) is 3. The average molecular weight is 346 g/mol. The number of nitrogens with one attached hydrogen (secondary N) is 2. The second-order valence-corrected chi connectivity index (χ2v) is 6.46. The number of urea groups is 1. The lowest BCUT2D eigenvalue weighted by molar-refractivity contribution is 0.262. The minimum absolute atomic E-state index is 0.347. The fourth-order valence-corrected chi connectivity index (χ4v) is 2.71. The van der Waals surface area contributed by atoms with Gasteiger partial charge in [0.25, 0.3) is 0 Å². The molecular weight excluding hydrogens is 326 g/mol. The number of benzene rings is 1. The van der Waals surface area contributed by atoms with Crippen LogP contribution in [0.5, 0.6) is 0 Å². The van der Waals surface area contributed by atoms with Crippen LogP contribution in [0.25, 0.3) is 0 Å². The summed E-state index contributed by atoms with van der Waals surface area (Å²) in [6.07, 6.45) is 5.57. The zero-order valence-corrected chi connectivity index (χ0v) is 14.3. The number of aromatic nitrogens is 2. The van der Waals surface area contributed by atoms with Gasteiger partial charge in [-0.05, 0) is 43.0 Å². The van der Waals surface area contributed by atoms with Crippen molar-refractivity contribution in [2.45, 2.75) is 19.8 Å². The van der Waals surface area contributed by atoms with Crippen LogP contribution in [0.3, 0.4) is 0 Å². The van der Waals surface area contributed by atoms with Gasteiger partial charge in [0, 0.05) is 23.8 Å². The van der Waals surface area contributed by atoms with Gasteiger partial charge in [-0.2, -0.15) is 0 Å². The first-order valence-electron chi connectivity index (χ1n) is 8.01. The molecule has 1 saturated heterocycles. The molecule has 1 fully saturated rings. The van der Waals surface area contributed by atoms with Gasteiger partial charge >= 0.3 is 6.03 Å². The van der Waals surface area contributed by atoms with E-state index in [1.165, 1.54) is 0 Å². The molecule has 0 unspecified atom stereocenters. The Kier molecular flexibility index (Phi) is 5.15. The smallest absolute Gasteiger partial charge is 0.323 e. The second-order valence-electron chi connectivity index (χ2n) is 6.03. The quantitative estimate of drug-likeness (QED) is 0.881. The summed E-state index contributed by atoms with van der Waals surface area (Å²) in [6.45, 7) is 4.22. The van der Waals surface area contributed by atoms with Crippen molar-refractivity contribution in [3.05, 3.63) is 41.7 Å². The minimum atomic E-state index is -0.347. The number of carbonyl (C=O) groups is 1. The molecule has 126 valence electrons. The maximum atomic E-state index is 12.0. The minimum Gasteiger partial charge on any atom is -0.341 e. The van der Waals surface area contributed by atoms with Crippen molar-refractivity contribution in [1.29, 1.82) is 0 Å². The van der Waals surface area contributed by atoms with Gasteiger partial charge in [-0.1, -0.05) is 18.5 Å². The Morgan fingerprint density at radius 1 is 1.08 bits per heavy atom. The first-order chi connectivity index (χ1) is 11.6. The highest BCUT2D eigenvalue weighted by Gasteiger charge is 2.17. The van der Waals surface area contributed by atoms with Gasteiger partial charge in [0.15, 0.2) is 0 Å². The summed E-state index contributed by atoms with van der Waals surface area (Å²) in [5.74, 6) is 1.48. The molecule has 6 nitrogen and oxygen atoms in total. The predicted molar refractivity (Wildman–Crippen MR) is 96.7 cm³/mol. The lowest BCUT2D eigenvalue weighted by atomic mass is 10.00. The van der Waals surface area contributed by atoms with Gasteiger partial charge in [0.05, 0.1) is 18.1 Å². The van der Waals surface area contributed by atoms with Gasteiger partial charge in [0.2, 0.25) is 5.95 Å². The van der Waals surface area contributed by atoms with Crippen LogP contribution in [0.1, 0.15) is 19.8 Å². The maximum absolute atomic E-state index is 12.0. The Morgan fingerprint density at radius 3 is 2.29 bits per heavy atom. The zero-order valence-electron chi connectivity index (χ0n) is 13.5. The lowest BCUT2D eigenvalue weighted by Gasteiger charge is -2.30. The number of hydrogen-bond acceptors (Lipinski definition) is 4. The summed E-state index contributed by atoms with van der Waals surface area (Å²) >= 11 is 5.82. The standard InChI is InChI=1S/C17H20ClN5O/c1-12-6-8-23(9-7-12)16-19-10-15(11-20-16)22-17(24)21-14-4-2-13(18)3-5-14/h2-5,10-12H,6-9H2,1H3,(H2,21,22,24). The Balaban J connectivity index is 1.55. The van der Waals surface area contributed by atoms with Gasteiger partial charge in [-0.3, -0.25) is 0 Å². The highest BCUT2D eigenvalue weighted by atomic mass is 35.5. The van der Waals surface area contributed by atoms with Gasteiger partial charge in [0.1, 0.15) is 0 Å². The van der Waals surface area contributed by atoms with Crippen molar-refractivity contribution in [3.63, 3.8) is 0 Å². The van der Waals surface area contributed by atoms with E-state index in [1.54, 1.807) is 36.7 Å². The molecule has 2 N–H and O–H groups in total. The molecule has 2 amide bonds. The molecule has 0 saturated carbocycles. The molecule has 0 spiro atoms. The number of halogens is 1. The first kappa shape index (κ1) is 16.5. The van der Waals surface area contributed by atoms with E-state index >= 15 is 0 Å². The topological polar surface area (TPSA) is 70.2 Å². The number of piperidine rings is 1. The lowest BCUT2D eigenvalue weighted by Crippen LogP contribution is -2.34. The normalized spacial score (nSPS) is 15.2. The summed E-state index contributed by atoms with van der Waals surface area (Å²) in [6, 6.07) is 6.56. The number of anilines is 3. The molecule has 0 atom stereocenters. The van der Waals surface area contributed by atoms with E-state index in [0.29, 0.717) is 22.3 Å². The molecule has 0 aliphatic carbocycles. The monoisotopic (exact) mass is 345 g/mol. The number of hydrogen-bond donors (Lipinski definition) is 2. The van der Waals surface area contributed by atoms with Crippen LogP contribution < -0.4 is 15.5 Å². The highest BCUT2D eigenvalue weighted by molar-refractivity contribution is 6.30. The van der Waals surface area contributed by atoms with Crippen LogP contribution in [0.2, 0.25) is 5.02 Å². The molecule has 24 heavy (non-hydrogen) atoms. The van der Waals surface area contributed by atoms with Gasteiger partial charge < -0.3 is 15.5 Å². The van der Waals surface area contributed by atoms with Crippen LogP contribution in [0, 0.1) is 5.92 Å². The first-order valence-corrected chi connectivity index (χ1v) is 8.38. The Bertz CT molecular complexity index is 681. The predicted octanol–water partition coefficient (Wildman–Crippen LogP) is 4.01. The van der Waals surface area contributed by atoms with E-state index in [2.05, 4.69) is 32.4 Å². The summed E-state index contributed by atoms with van der Waals surface area (Å²) in [5, 5.41) is 6.06. The fourth-order valence-electron chi connectivity index (χ4n) is 2.58. The number of amides is 2. The maximum Gasteiger partial charge on any atom is 0.323 e. The molecule has 1 aliphatic rings. The third-order valence-corrected chi connectivity index (χ3v) is 4.32. The van der Waals surface area contributed by atoms with Crippen LogP contribution in [0.15, 0.2) is 36.7 Å². The average Bonchev–Trinajstić information content (AvgIpc) is 2.58. The molecule has 3 rings (SSSR count). The van der Waals surface area contributed by atoms with E-state index in [0.717, 1.165) is 31.8 Å². The molecule has 1 aromatic heterocycles. The highest BCUT2D eigenvalue weighted by Crippen LogP contribution is 2.20. The molecule has 2 aromatic rings. The summed E-state index contributed by atoms with van der Waals surface area (Å²) in [4.78, 5) is 22.9. The van der Waals surface area contributed by atoms with E-state index in [9.17, 15) is 4.79 Å². The van der Waals surface area contributed by atoms with Crippen molar-refractivity contribution in [1.82, 2.24) is 9.97 Å². The number of carbonyl (C=O) groups excluding carboxylic acids is 1. The van der Waals surface area contributed by atoms with E-state index < -0.39 is 0 Å². The summed E-state index contributed by atoms with van der Waals surface area (Å²) < 4.78 is 0. The Morgan fingerprint density at radius 2 is 1.67 bits per heavy atom. The van der Waals surface area contributed by atoms with Crippen LogP contribution in [-0.2, 0) is 0 Å². The van der Waals surface area contributed by atoms with Crippen molar-refractivity contribution in [2.75, 3.05) is 28.6 Å². The Labute approximate surface area is 146 Å². The summed E-state index contributed by atoms with van der Waals surface area (Å²) in [7, 11) is 0. The molecule has 7 heteroatoms. The molecule has 0 radical (unpaired) electrons. The molecular formula is C17H20ClN5O. The van der Waals surface area contributed by atoms with Crippen LogP contribution in [0.4, 0.5) is 22.1 Å². The van der Waals surface area contributed by atoms with Gasteiger partial charge in [-0.25, -0.2) is 14.8 Å². The van der Waals surface area contributed by atoms with Gasteiger partial charge in [-0.15, -0.1) is 0 Å². The molecule has 1 aliphatic heterocycles. The molecule has 2 heterocycles. The van der Waals surface area contributed by atoms with E-state index in [1.807, 2.05) is 0 Å². The van der Waals surface area contributed by atoms with Crippen molar-refractivity contribution in [2.24, 2.45) is 5.92 Å². The fraction of sp³-hybridized carbons (Fsp3) is 0.353. The third-order valence-electron chi connectivity index (χ3n) is 4.06. The van der Waals surface area contributed by atoms with E-state index in [4.69, 9.17) is 11.6 Å². The van der Waals surface area contributed by atoms with Crippen LogP contribution in [-0.4, -0.2) is 29.1 Å². The van der Waals surface area contributed by atoms with Crippen molar-refractivity contribution >= 4 is 35.0 Å². The van der Waals surface area contributed by atoms with Crippen molar-refractivity contribution < 1.29 is 4.79 Å². The number of rotatable bonds is 3. The zero-order chi connectivity index (χ0) is 16.9. The molecule has 0 bridgehead atoms. The van der Waals surface area contributed by atoms with E-state index in [-0.39, 0.29) is 6.03 Å². The third kappa shape index (κ3) is 4.35. The SMILES string of the molecule is CC1CCN(c2ncc(NC(=O)Nc3ccc(Cl)cc3)cn2)CC1. The largest absolute Gasteiger partial charge is 0.341 e. The molecule has 1 aromatic carbocycles. The Hall–Kier alpha value is -2.34. The summed E-state index contributed by atoms with van der Waals surface area (Å²) in [5.41, 5.74) is 1.22. The van der Waals surface area contributed by atoms with Crippen molar-refractivity contribution in [3.8, 4) is 0 Å². The second kappa shape index (κ2) is 7.49. The van der Waals surface area contributed by atoms with Crippen LogP contribution >= 0.6 is 11.6 Å².